The van der Waals surface area contributed by atoms with Crippen molar-refractivity contribution in [1.29, 1.82) is 0 Å². The van der Waals surface area contributed by atoms with Crippen molar-refractivity contribution in [2.75, 3.05) is 0 Å². The molecule has 7 atom stereocenters. The first-order valence-electron chi connectivity index (χ1n) is 15.1. The maximum Gasteiger partial charge on any atom is 0.0817 e. The van der Waals surface area contributed by atoms with Crippen LogP contribution in [-0.2, 0) is 11.8 Å². The van der Waals surface area contributed by atoms with Gasteiger partial charge in [0.15, 0.2) is 0 Å². The van der Waals surface area contributed by atoms with Crippen LogP contribution in [0.15, 0.2) is 71.9 Å². The molecule has 4 saturated carbocycles. The Morgan fingerprint density at radius 3 is 2.63 bits per heavy atom. The molecule has 1 aromatic rings. The first kappa shape index (κ1) is 27.6. The van der Waals surface area contributed by atoms with Crippen LogP contribution in [0.25, 0.3) is 0 Å². The van der Waals surface area contributed by atoms with Crippen molar-refractivity contribution in [3.63, 3.8) is 0 Å². The van der Waals surface area contributed by atoms with Gasteiger partial charge in [-0.1, -0.05) is 81.5 Å². The van der Waals surface area contributed by atoms with E-state index >= 15 is 0 Å². The molecule has 4 fully saturated rings. The third-order valence-corrected chi connectivity index (χ3v) is 10.8. The zero-order chi connectivity index (χ0) is 27.1. The second kappa shape index (κ2) is 10.9. The third kappa shape index (κ3) is 5.15. The zero-order valence-electron chi connectivity index (χ0n) is 23.7. The Kier molecular flexibility index (Phi) is 7.93. The molecule has 1 aromatic carbocycles. The summed E-state index contributed by atoms with van der Waals surface area (Å²) in [7, 11) is 0. The standard InChI is InChI=1S/C35H48O3/c1-5-25-8-6-10-28(20-25)35(18-19-35)33(38)16-11-23(2)30-14-15-31-26(9-7-17-34(30,31)4)12-13-27-21-29(36)22-32(37)24(27)3/h6,8,10-13,16,20,23,29-33,36-38H,3,5,7,9,14-15,17-19,21-22H2,1-2,4H3/b16-11+,26-12+,27-13-/t23-,29-,30-,31+,32+,33-,34-/m1/s1. The quantitative estimate of drug-likeness (QED) is 0.343. The Morgan fingerprint density at radius 1 is 1.11 bits per heavy atom. The lowest BCUT2D eigenvalue weighted by molar-refractivity contribution is 0.0862. The normalized spacial score (nSPS) is 36.5. The molecule has 0 saturated heterocycles. The van der Waals surface area contributed by atoms with Crippen molar-refractivity contribution in [2.24, 2.45) is 23.2 Å². The van der Waals surface area contributed by atoms with Gasteiger partial charge in [0.1, 0.15) is 0 Å². The molecule has 5 rings (SSSR count). The Labute approximate surface area is 230 Å². The summed E-state index contributed by atoms with van der Waals surface area (Å²) in [6.45, 7) is 11.1. The summed E-state index contributed by atoms with van der Waals surface area (Å²) in [5, 5.41) is 31.7. The highest BCUT2D eigenvalue weighted by molar-refractivity contribution is 5.39. The number of allylic oxidation sites excluding steroid dienone is 4. The SMILES string of the molecule is C=C1/C(=C\C=C2/CCC[C@]3(C)[C@@H]([C@H](C)/C=C/[C@@H](O)C4(c5cccc(CC)c5)CC4)CC[C@@H]23)C[C@@H](O)C[C@@H]1O. The van der Waals surface area contributed by atoms with Crippen LogP contribution < -0.4 is 0 Å². The van der Waals surface area contributed by atoms with Crippen molar-refractivity contribution in [2.45, 2.75) is 109 Å². The number of hydrogen-bond acceptors (Lipinski definition) is 3. The Balaban J connectivity index is 1.29. The minimum Gasteiger partial charge on any atom is -0.393 e. The first-order chi connectivity index (χ1) is 18.2. The molecule has 0 bridgehead atoms. The lowest BCUT2D eigenvalue weighted by Crippen LogP contribution is -2.35. The summed E-state index contributed by atoms with van der Waals surface area (Å²) >= 11 is 0. The maximum absolute atomic E-state index is 11.3. The van der Waals surface area contributed by atoms with E-state index in [1.165, 1.54) is 42.4 Å². The smallest absolute Gasteiger partial charge is 0.0817 e. The van der Waals surface area contributed by atoms with Crippen molar-refractivity contribution in [3.8, 4) is 0 Å². The first-order valence-corrected chi connectivity index (χ1v) is 15.1. The largest absolute Gasteiger partial charge is 0.393 e. The van der Waals surface area contributed by atoms with Gasteiger partial charge in [-0.3, -0.25) is 0 Å². The van der Waals surface area contributed by atoms with Gasteiger partial charge < -0.3 is 15.3 Å². The molecule has 3 N–H and O–H groups in total. The molecular formula is C35H48O3. The van der Waals surface area contributed by atoms with Crippen LogP contribution in [0, 0.1) is 23.2 Å². The number of benzene rings is 1. The van der Waals surface area contributed by atoms with Crippen LogP contribution in [0.3, 0.4) is 0 Å². The van der Waals surface area contributed by atoms with Crippen molar-refractivity contribution in [3.05, 3.63) is 83.0 Å². The van der Waals surface area contributed by atoms with Crippen LogP contribution >= 0.6 is 0 Å². The molecule has 3 nitrogen and oxygen atoms in total. The second-order valence-electron chi connectivity index (χ2n) is 13.1. The van der Waals surface area contributed by atoms with Gasteiger partial charge in [0.05, 0.1) is 18.3 Å². The molecular weight excluding hydrogens is 468 g/mol. The lowest BCUT2D eigenvalue weighted by Gasteiger charge is -2.44. The van der Waals surface area contributed by atoms with E-state index in [1.807, 2.05) is 0 Å². The molecule has 38 heavy (non-hydrogen) atoms. The molecule has 0 unspecified atom stereocenters. The van der Waals surface area contributed by atoms with E-state index in [1.54, 1.807) is 0 Å². The van der Waals surface area contributed by atoms with Gasteiger partial charge in [-0.15, -0.1) is 0 Å². The van der Waals surface area contributed by atoms with E-state index in [9.17, 15) is 15.3 Å². The predicted octanol–water partition coefficient (Wildman–Crippen LogP) is 6.97. The van der Waals surface area contributed by atoms with Crippen LogP contribution in [0.4, 0.5) is 0 Å². The van der Waals surface area contributed by atoms with Crippen molar-refractivity contribution < 1.29 is 15.3 Å². The summed E-state index contributed by atoms with van der Waals surface area (Å²) in [4.78, 5) is 0. The summed E-state index contributed by atoms with van der Waals surface area (Å²) < 4.78 is 0. The molecule has 206 valence electrons. The van der Waals surface area contributed by atoms with E-state index in [4.69, 9.17) is 0 Å². The number of hydrogen-bond donors (Lipinski definition) is 3. The molecule has 0 spiro atoms. The number of aryl methyl sites for hydroxylation is 1. The van der Waals surface area contributed by atoms with Crippen LogP contribution in [0.2, 0.25) is 0 Å². The monoisotopic (exact) mass is 516 g/mol. The molecule has 3 heteroatoms. The summed E-state index contributed by atoms with van der Waals surface area (Å²) in [6, 6.07) is 8.82. The van der Waals surface area contributed by atoms with E-state index in [0.717, 1.165) is 36.8 Å². The number of fused-ring (bicyclic) bond motifs is 1. The highest BCUT2D eigenvalue weighted by atomic mass is 16.3. The van der Waals surface area contributed by atoms with E-state index in [0.29, 0.717) is 30.6 Å². The Hall–Kier alpha value is -1.94. The van der Waals surface area contributed by atoms with E-state index in [-0.39, 0.29) is 10.8 Å². The minimum atomic E-state index is -0.635. The van der Waals surface area contributed by atoms with E-state index in [2.05, 4.69) is 75.9 Å². The molecule has 4 aliphatic carbocycles. The van der Waals surface area contributed by atoms with E-state index < -0.39 is 18.3 Å². The molecule has 0 heterocycles. The van der Waals surface area contributed by atoms with Gasteiger partial charge in [0, 0.05) is 11.8 Å². The lowest BCUT2D eigenvalue weighted by atomic mass is 9.61. The average molecular weight is 517 g/mol. The van der Waals surface area contributed by atoms with Crippen LogP contribution in [0.1, 0.15) is 89.7 Å². The molecule has 0 aromatic heterocycles. The van der Waals surface area contributed by atoms with Gasteiger partial charge in [-0.2, -0.15) is 0 Å². The highest BCUT2D eigenvalue weighted by Gasteiger charge is 2.51. The van der Waals surface area contributed by atoms with Gasteiger partial charge in [-0.25, -0.2) is 0 Å². The maximum atomic E-state index is 11.3. The molecule has 0 radical (unpaired) electrons. The molecule has 0 amide bonds. The number of rotatable bonds is 7. The average Bonchev–Trinajstić information content (AvgIpc) is 3.64. The number of aliphatic hydroxyl groups excluding tert-OH is 3. The molecule has 0 aliphatic heterocycles. The fourth-order valence-electron chi connectivity index (χ4n) is 8.20. The molecule has 4 aliphatic rings. The van der Waals surface area contributed by atoms with Crippen LogP contribution in [0.5, 0.6) is 0 Å². The topological polar surface area (TPSA) is 60.7 Å². The highest BCUT2D eigenvalue weighted by Crippen LogP contribution is 2.60. The fraction of sp³-hybridized carbons (Fsp3) is 0.600. The third-order valence-electron chi connectivity index (χ3n) is 10.8. The Morgan fingerprint density at radius 2 is 1.89 bits per heavy atom. The fourth-order valence-corrected chi connectivity index (χ4v) is 8.20. The second-order valence-corrected chi connectivity index (χ2v) is 13.1. The van der Waals surface area contributed by atoms with Gasteiger partial charge >= 0.3 is 0 Å². The summed E-state index contributed by atoms with van der Waals surface area (Å²) in [5.74, 6) is 1.62. The summed E-state index contributed by atoms with van der Waals surface area (Å²) in [6.07, 6.45) is 17.5. The van der Waals surface area contributed by atoms with Gasteiger partial charge in [0.2, 0.25) is 0 Å². The zero-order valence-corrected chi connectivity index (χ0v) is 23.7. The summed E-state index contributed by atoms with van der Waals surface area (Å²) in [5.41, 5.74) is 6.11. The minimum absolute atomic E-state index is 0.0952. The van der Waals surface area contributed by atoms with Gasteiger partial charge in [-0.05, 0) is 103 Å². The van der Waals surface area contributed by atoms with Crippen molar-refractivity contribution in [1.82, 2.24) is 0 Å². The van der Waals surface area contributed by atoms with Crippen LogP contribution in [-0.4, -0.2) is 33.6 Å². The van der Waals surface area contributed by atoms with Crippen molar-refractivity contribution >= 4 is 0 Å². The van der Waals surface area contributed by atoms with Gasteiger partial charge in [0.25, 0.3) is 0 Å². The Bertz CT molecular complexity index is 1120. The predicted molar refractivity (Wildman–Crippen MR) is 156 cm³/mol. The number of aliphatic hydroxyl groups is 3.